The number of rotatable bonds is 7. The fourth-order valence-corrected chi connectivity index (χ4v) is 2.96. The summed E-state index contributed by atoms with van der Waals surface area (Å²) in [4.78, 5) is 37.0. The number of benzene rings is 1. The minimum Gasteiger partial charge on any atom is -0.497 e. The van der Waals surface area contributed by atoms with Gasteiger partial charge in [0.25, 0.3) is 0 Å². The van der Waals surface area contributed by atoms with Crippen LogP contribution in [0, 0.1) is 5.92 Å². The van der Waals surface area contributed by atoms with Gasteiger partial charge in [0.15, 0.2) is 0 Å². The van der Waals surface area contributed by atoms with E-state index in [4.69, 9.17) is 14.3 Å². The van der Waals surface area contributed by atoms with Gasteiger partial charge in [-0.25, -0.2) is 4.79 Å². The van der Waals surface area contributed by atoms with Crippen LogP contribution in [0.5, 0.6) is 5.75 Å². The summed E-state index contributed by atoms with van der Waals surface area (Å²) in [6, 6.07) is 10.3. The van der Waals surface area contributed by atoms with Gasteiger partial charge in [-0.15, -0.1) is 0 Å². The molecule has 0 aliphatic carbocycles. The summed E-state index contributed by atoms with van der Waals surface area (Å²) in [6.45, 7) is 0.858. The summed E-state index contributed by atoms with van der Waals surface area (Å²) in [5.74, 6) is -1.02. The number of likely N-dealkylation sites (tertiary alicyclic amines) is 1. The Bertz CT molecular complexity index is 842. The predicted octanol–water partition coefficient (Wildman–Crippen LogP) is 1.65. The minimum atomic E-state index is -1.16. The summed E-state index contributed by atoms with van der Waals surface area (Å²) in [5, 5.41) is 11.5. The Labute approximate surface area is 155 Å². The normalized spacial score (nSPS) is 16.4. The molecule has 0 saturated carbocycles. The topological polar surface area (TPSA) is 109 Å². The zero-order valence-electron chi connectivity index (χ0n) is 14.8. The van der Waals surface area contributed by atoms with E-state index in [2.05, 4.69) is 5.32 Å². The van der Waals surface area contributed by atoms with Crippen molar-refractivity contribution in [3.05, 3.63) is 53.5 Å². The summed E-state index contributed by atoms with van der Waals surface area (Å²) >= 11 is 0. The Morgan fingerprint density at radius 3 is 2.63 bits per heavy atom. The zero-order chi connectivity index (χ0) is 19.4. The van der Waals surface area contributed by atoms with Gasteiger partial charge in [-0.2, -0.15) is 0 Å². The monoisotopic (exact) mass is 372 g/mol. The van der Waals surface area contributed by atoms with Crippen molar-refractivity contribution >= 4 is 17.8 Å². The highest BCUT2D eigenvalue weighted by Crippen LogP contribution is 2.21. The van der Waals surface area contributed by atoms with Crippen LogP contribution in [0.3, 0.4) is 0 Å². The third-order valence-electron chi connectivity index (χ3n) is 4.43. The highest BCUT2D eigenvalue weighted by Gasteiger charge is 2.34. The van der Waals surface area contributed by atoms with Crippen LogP contribution in [0.15, 0.2) is 40.8 Å². The van der Waals surface area contributed by atoms with Gasteiger partial charge in [0.05, 0.1) is 19.6 Å². The predicted molar refractivity (Wildman–Crippen MR) is 94.0 cm³/mol. The molecule has 0 spiro atoms. The van der Waals surface area contributed by atoms with Crippen molar-refractivity contribution in [1.82, 2.24) is 10.2 Å². The average molecular weight is 372 g/mol. The molecule has 8 heteroatoms. The number of carbonyl (C=O) groups excluding carboxylic acids is 2. The van der Waals surface area contributed by atoms with Crippen LogP contribution in [0.25, 0.3) is 0 Å². The third-order valence-corrected chi connectivity index (χ3v) is 4.43. The van der Waals surface area contributed by atoms with Gasteiger partial charge in [-0.3, -0.25) is 9.59 Å². The molecule has 2 amide bonds. The number of nitrogens with zero attached hydrogens (tertiary/aromatic N) is 1. The Morgan fingerprint density at radius 2 is 2.00 bits per heavy atom. The van der Waals surface area contributed by atoms with Crippen LogP contribution in [-0.2, 0) is 22.7 Å². The van der Waals surface area contributed by atoms with Crippen molar-refractivity contribution < 1.29 is 28.6 Å². The van der Waals surface area contributed by atoms with Gasteiger partial charge < -0.3 is 24.5 Å². The van der Waals surface area contributed by atoms with E-state index in [1.807, 2.05) is 24.3 Å². The Kier molecular flexibility index (Phi) is 5.44. The number of carboxylic acid groups (broad SMARTS) is 1. The second kappa shape index (κ2) is 7.94. The van der Waals surface area contributed by atoms with E-state index in [1.54, 1.807) is 12.0 Å². The summed E-state index contributed by atoms with van der Waals surface area (Å²) in [5.41, 5.74) is 0.960. The molecule has 2 heterocycles. The molecule has 1 aliphatic rings. The number of nitrogens with one attached hydrogen (secondary N) is 1. The maximum Gasteiger partial charge on any atom is 0.371 e. The maximum absolute atomic E-state index is 12.3. The lowest BCUT2D eigenvalue weighted by molar-refractivity contribution is -0.129. The first kappa shape index (κ1) is 18.5. The Balaban J connectivity index is 1.52. The number of carboxylic acids is 1. The van der Waals surface area contributed by atoms with Gasteiger partial charge in [0.2, 0.25) is 17.6 Å². The molecule has 2 N–H and O–H groups in total. The van der Waals surface area contributed by atoms with E-state index in [0.29, 0.717) is 18.8 Å². The first-order valence-electron chi connectivity index (χ1n) is 8.46. The molecule has 3 rings (SSSR count). The van der Waals surface area contributed by atoms with Crippen molar-refractivity contribution in [1.29, 1.82) is 0 Å². The van der Waals surface area contributed by atoms with Gasteiger partial charge >= 0.3 is 5.97 Å². The van der Waals surface area contributed by atoms with Crippen molar-refractivity contribution in [2.24, 2.45) is 5.92 Å². The Morgan fingerprint density at radius 1 is 1.26 bits per heavy atom. The zero-order valence-corrected chi connectivity index (χ0v) is 14.8. The van der Waals surface area contributed by atoms with Gasteiger partial charge in [-0.05, 0) is 29.8 Å². The highest BCUT2D eigenvalue weighted by molar-refractivity contribution is 5.89. The second-order valence-electron chi connectivity index (χ2n) is 6.31. The number of ether oxygens (including phenoxy) is 1. The van der Waals surface area contributed by atoms with E-state index in [1.165, 1.54) is 12.1 Å². The molecule has 2 aromatic rings. The van der Waals surface area contributed by atoms with Crippen LogP contribution < -0.4 is 10.1 Å². The molecule has 1 aliphatic heterocycles. The number of methoxy groups -OCH3 is 1. The second-order valence-corrected chi connectivity index (χ2v) is 6.31. The van der Waals surface area contributed by atoms with E-state index in [-0.39, 0.29) is 30.5 Å². The lowest BCUT2D eigenvalue weighted by atomic mass is 10.1. The van der Waals surface area contributed by atoms with Crippen molar-refractivity contribution in [3.63, 3.8) is 0 Å². The molecular formula is C19H20N2O6. The van der Waals surface area contributed by atoms with E-state index in [0.717, 1.165) is 11.3 Å². The summed E-state index contributed by atoms with van der Waals surface area (Å²) in [7, 11) is 1.59. The molecule has 1 aromatic heterocycles. The number of amides is 2. The fraction of sp³-hybridized carbons (Fsp3) is 0.316. The van der Waals surface area contributed by atoms with Crippen molar-refractivity contribution in [2.75, 3.05) is 13.7 Å². The van der Waals surface area contributed by atoms with Crippen molar-refractivity contribution in [2.45, 2.75) is 19.5 Å². The fourth-order valence-electron chi connectivity index (χ4n) is 2.96. The molecule has 1 atom stereocenters. The van der Waals surface area contributed by atoms with Crippen LogP contribution in [0.4, 0.5) is 0 Å². The smallest absolute Gasteiger partial charge is 0.371 e. The van der Waals surface area contributed by atoms with Gasteiger partial charge in [0.1, 0.15) is 11.5 Å². The number of hydrogen-bond acceptors (Lipinski definition) is 5. The summed E-state index contributed by atoms with van der Waals surface area (Å²) in [6.07, 6.45) is 0.153. The lowest BCUT2D eigenvalue weighted by Crippen LogP contribution is -2.32. The molecule has 0 radical (unpaired) electrons. The minimum absolute atomic E-state index is 0.0721. The first-order chi connectivity index (χ1) is 13.0. The number of furan rings is 1. The van der Waals surface area contributed by atoms with Crippen LogP contribution in [0.2, 0.25) is 0 Å². The molecule has 1 fully saturated rings. The SMILES string of the molecule is COc1ccc(CN2C[C@@H](C(=O)NCc3ccc(C(=O)O)o3)CC2=O)cc1. The molecule has 0 unspecified atom stereocenters. The standard InChI is InChI=1S/C19H20N2O6/c1-26-14-4-2-12(3-5-14)10-21-11-13(8-17(21)22)18(23)20-9-15-6-7-16(27-15)19(24)25/h2-7,13H,8-11H2,1H3,(H,20,23)(H,24,25)/t13-/m0/s1. The number of carbonyl (C=O) groups is 3. The quantitative estimate of drug-likeness (QED) is 0.765. The van der Waals surface area contributed by atoms with Crippen LogP contribution in [-0.4, -0.2) is 41.4 Å². The maximum atomic E-state index is 12.3. The number of aromatic carboxylic acids is 1. The largest absolute Gasteiger partial charge is 0.497 e. The van der Waals surface area contributed by atoms with E-state index in [9.17, 15) is 14.4 Å². The molecule has 142 valence electrons. The lowest BCUT2D eigenvalue weighted by Gasteiger charge is -2.17. The van der Waals surface area contributed by atoms with Gasteiger partial charge in [-0.1, -0.05) is 12.1 Å². The molecule has 27 heavy (non-hydrogen) atoms. The molecule has 0 bridgehead atoms. The molecular weight excluding hydrogens is 352 g/mol. The highest BCUT2D eigenvalue weighted by atomic mass is 16.5. The average Bonchev–Trinajstić information content (AvgIpc) is 3.28. The third kappa shape index (κ3) is 4.46. The van der Waals surface area contributed by atoms with E-state index < -0.39 is 11.9 Å². The van der Waals surface area contributed by atoms with Crippen molar-refractivity contribution in [3.8, 4) is 5.75 Å². The Hall–Kier alpha value is -3.29. The number of hydrogen-bond donors (Lipinski definition) is 2. The molecule has 1 aromatic carbocycles. The van der Waals surface area contributed by atoms with Crippen LogP contribution in [0.1, 0.15) is 28.3 Å². The first-order valence-corrected chi connectivity index (χ1v) is 8.46. The summed E-state index contributed by atoms with van der Waals surface area (Å²) < 4.78 is 10.2. The van der Waals surface area contributed by atoms with Gasteiger partial charge in [0, 0.05) is 19.5 Å². The van der Waals surface area contributed by atoms with Crippen LogP contribution >= 0.6 is 0 Å². The van der Waals surface area contributed by atoms with E-state index >= 15 is 0 Å². The molecule has 8 nitrogen and oxygen atoms in total. The molecule has 1 saturated heterocycles.